The van der Waals surface area contributed by atoms with Crippen molar-refractivity contribution in [2.75, 3.05) is 0 Å². The van der Waals surface area contributed by atoms with Gasteiger partial charge in [0.1, 0.15) is 13.2 Å². The van der Waals surface area contributed by atoms with E-state index >= 15 is 0 Å². The lowest BCUT2D eigenvalue weighted by molar-refractivity contribution is -0.422. The molecule has 2 aromatic carbocycles. The van der Waals surface area contributed by atoms with Gasteiger partial charge in [-0.05, 0) is 29.7 Å². The van der Waals surface area contributed by atoms with E-state index in [0.717, 1.165) is 36.4 Å². The third-order valence-electron chi connectivity index (χ3n) is 5.68. The van der Waals surface area contributed by atoms with E-state index in [-0.39, 0.29) is 17.5 Å². The van der Waals surface area contributed by atoms with E-state index in [0.29, 0.717) is 12.8 Å². The lowest BCUT2D eigenvalue weighted by Crippen LogP contribution is -2.64. The number of ether oxygens (including phenoxy) is 2. The quantitative estimate of drug-likeness (QED) is 0.144. The topological polar surface area (TPSA) is 277 Å². The fourth-order valence-electron chi connectivity index (χ4n) is 3.55. The van der Waals surface area contributed by atoms with Crippen molar-refractivity contribution in [3.8, 4) is 0 Å². The van der Waals surface area contributed by atoms with E-state index in [1.165, 1.54) is 0 Å². The summed E-state index contributed by atoms with van der Waals surface area (Å²) in [6.45, 7) is 0.612. The molecule has 0 aliphatic rings. The molecule has 0 aliphatic heterocycles. The van der Waals surface area contributed by atoms with Gasteiger partial charge in [-0.3, -0.25) is 45.3 Å². The Morgan fingerprint density at radius 3 is 1.60 bits per heavy atom. The number of rotatable bonds is 14. The van der Waals surface area contributed by atoms with E-state index < -0.39 is 79.2 Å². The molecule has 2 rings (SSSR count). The number of carbonyl (C=O) groups is 2. The zero-order valence-electron chi connectivity index (χ0n) is 20.9. The van der Waals surface area contributed by atoms with Crippen LogP contribution in [0.25, 0.3) is 0 Å². The van der Waals surface area contributed by atoms with Crippen molar-refractivity contribution >= 4 is 34.7 Å². The molecule has 0 aliphatic carbocycles. The van der Waals surface area contributed by atoms with Crippen molar-refractivity contribution in [1.82, 2.24) is 0 Å². The van der Waals surface area contributed by atoms with Gasteiger partial charge in [0.15, 0.2) is 5.66 Å². The standard InChI is InChI=1S/C22H24N6O12/c1-2-3-4-15(20(29)39-11-13-5-7-16(25(31)32)18(9-13)27(35)36)22(23,24)21(30)40-12-14-6-8-17(26(33)34)19(10-14)28(37)38/h5-10,15H,2-4,11-12,23-24H2,1H3. The number of nitro benzene ring substituents is 4. The molecule has 0 radical (unpaired) electrons. The fraction of sp³-hybridized carbons (Fsp3) is 0.364. The van der Waals surface area contributed by atoms with Crippen LogP contribution in [0.5, 0.6) is 0 Å². The third-order valence-corrected chi connectivity index (χ3v) is 5.68. The SMILES string of the molecule is CCCCC(C(=O)OCc1ccc([N+](=O)[O-])c([N+](=O)[O-])c1)C(N)(N)C(=O)OCc1ccc([N+](=O)[O-])c([N+](=O)[O-])c1. The molecule has 0 spiro atoms. The summed E-state index contributed by atoms with van der Waals surface area (Å²) in [4.78, 5) is 66.1. The number of benzene rings is 2. The van der Waals surface area contributed by atoms with Gasteiger partial charge < -0.3 is 20.9 Å². The molecule has 0 aromatic heterocycles. The molecule has 0 fully saturated rings. The highest BCUT2D eigenvalue weighted by atomic mass is 16.6. The Labute approximate surface area is 224 Å². The van der Waals surface area contributed by atoms with Gasteiger partial charge in [-0.15, -0.1) is 0 Å². The number of carbonyl (C=O) groups excluding carboxylic acids is 2. The average molecular weight is 564 g/mol. The van der Waals surface area contributed by atoms with Gasteiger partial charge >= 0.3 is 34.7 Å². The van der Waals surface area contributed by atoms with Crippen LogP contribution in [0.3, 0.4) is 0 Å². The third kappa shape index (κ3) is 7.48. The van der Waals surface area contributed by atoms with Crippen LogP contribution in [0.1, 0.15) is 37.3 Å². The van der Waals surface area contributed by atoms with Gasteiger partial charge in [0, 0.05) is 24.3 Å². The summed E-state index contributed by atoms with van der Waals surface area (Å²) in [5, 5.41) is 44.3. The molecule has 18 nitrogen and oxygen atoms in total. The van der Waals surface area contributed by atoms with Crippen molar-refractivity contribution in [2.45, 2.75) is 45.1 Å². The zero-order valence-corrected chi connectivity index (χ0v) is 20.9. The van der Waals surface area contributed by atoms with Gasteiger partial charge in [-0.1, -0.05) is 19.8 Å². The summed E-state index contributed by atoms with van der Waals surface area (Å²) in [7, 11) is 0. The largest absolute Gasteiger partial charge is 0.460 e. The molecule has 2 aromatic rings. The molecule has 0 saturated carbocycles. The molecule has 0 heterocycles. The molecular formula is C22H24N6O12. The molecule has 1 atom stereocenters. The molecule has 4 N–H and O–H groups in total. The number of nitrogens with two attached hydrogens (primary N) is 2. The van der Waals surface area contributed by atoms with Crippen molar-refractivity contribution in [3.63, 3.8) is 0 Å². The maximum Gasteiger partial charge on any atom is 0.346 e. The Balaban J connectivity index is 2.19. The van der Waals surface area contributed by atoms with E-state index in [1.807, 2.05) is 0 Å². The number of nitrogens with zero attached hydrogens (tertiary/aromatic N) is 4. The maximum atomic E-state index is 12.9. The predicted octanol–water partition coefficient (Wildman–Crippen LogP) is 2.53. The lowest BCUT2D eigenvalue weighted by atomic mass is 9.89. The van der Waals surface area contributed by atoms with Gasteiger partial charge in [0.2, 0.25) is 0 Å². The van der Waals surface area contributed by atoms with Crippen LogP contribution in [0.4, 0.5) is 22.7 Å². The highest BCUT2D eigenvalue weighted by Crippen LogP contribution is 2.30. The molecule has 18 heteroatoms. The van der Waals surface area contributed by atoms with Crippen molar-refractivity contribution in [1.29, 1.82) is 0 Å². The predicted molar refractivity (Wildman–Crippen MR) is 133 cm³/mol. The van der Waals surface area contributed by atoms with Crippen LogP contribution < -0.4 is 11.5 Å². The van der Waals surface area contributed by atoms with E-state index in [4.69, 9.17) is 20.9 Å². The maximum absolute atomic E-state index is 12.9. The molecule has 40 heavy (non-hydrogen) atoms. The second-order valence-electron chi connectivity index (χ2n) is 8.49. The molecule has 0 saturated heterocycles. The molecule has 214 valence electrons. The lowest BCUT2D eigenvalue weighted by Gasteiger charge is -2.30. The summed E-state index contributed by atoms with van der Waals surface area (Å²) in [5.41, 5.74) is 6.39. The summed E-state index contributed by atoms with van der Waals surface area (Å²) < 4.78 is 10.2. The minimum atomic E-state index is -2.44. The Morgan fingerprint density at radius 2 is 1.20 bits per heavy atom. The fourth-order valence-corrected chi connectivity index (χ4v) is 3.55. The van der Waals surface area contributed by atoms with E-state index in [9.17, 15) is 50.0 Å². The molecule has 1 unspecified atom stereocenters. The van der Waals surface area contributed by atoms with Crippen molar-refractivity contribution in [2.24, 2.45) is 17.4 Å². The molecular weight excluding hydrogens is 540 g/mol. The van der Waals surface area contributed by atoms with Gasteiger partial charge in [0.05, 0.1) is 25.6 Å². The van der Waals surface area contributed by atoms with E-state index in [1.54, 1.807) is 6.92 Å². The summed E-state index contributed by atoms with van der Waals surface area (Å²) >= 11 is 0. The van der Waals surface area contributed by atoms with E-state index in [2.05, 4.69) is 0 Å². The smallest absolute Gasteiger partial charge is 0.346 e. The minimum Gasteiger partial charge on any atom is -0.460 e. The van der Waals surface area contributed by atoms with Crippen LogP contribution in [-0.4, -0.2) is 37.3 Å². The Hall–Kier alpha value is -5.10. The molecule has 0 amide bonds. The van der Waals surface area contributed by atoms with Crippen LogP contribution in [0.15, 0.2) is 36.4 Å². The van der Waals surface area contributed by atoms with Crippen LogP contribution in [0.2, 0.25) is 0 Å². The Bertz CT molecular complexity index is 1350. The van der Waals surface area contributed by atoms with Crippen LogP contribution >= 0.6 is 0 Å². The van der Waals surface area contributed by atoms with Gasteiger partial charge in [-0.2, -0.15) is 0 Å². The average Bonchev–Trinajstić information content (AvgIpc) is 2.89. The second kappa shape index (κ2) is 13.1. The number of esters is 2. The van der Waals surface area contributed by atoms with Crippen LogP contribution in [-0.2, 0) is 32.3 Å². The first-order valence-corrected chi connectivity index (χ1v) is 11.5. The summed E-state index contributed by atoms with van der Waals surface area (Å²) in [6, 6.07) is 5.72. The Morgan fingerprint density at radius 1 is 0.775 bits per heavy atom. The second-order valence-corrected chi connectivity index (χ2v) is 8.49. The number of unbranched alkanes of at least 4 members (excludes halogenated alkanes) is 1. The van der Waals surface area contributed by atoms with Gasteiger partial charge in [0.25, 0.3) is 0 Å². The van der Waals surface area contributed by atoms with Gasteiger partial charge in [-0.25, -0.2) is 4.79 Å². The zero-order chi connectivity index (χ0) is 30.2. The van der Waals surface area contributed by atoms with Crippen molar-refractivity contribution in [3.05, 3.63) is 88.0 Å². The summed E-state index contributed by atoms with van der Waals surface area (Å²) in [5.74, 6) is -3.79. The van der Waals surface area contributed by atoms with Crippen LogP contribution in [0, 0.1) is 46.4 Å². The highest BCUT2D eigenvalue weighted by molar-refractivity contribution is 5.88. The number of hydrogen-bond acceptors (Lipinski definition) is 14. The number of nitro groups is 4. The Kier molecular flexibility index (Phi) is 10.2. The normalized spacial score (nSPS) is 11.8. The first-order valence-electron chi connectivity index (χ1n) is 11.5. The first-order chi connectivity index (χ1) is 18.7. The minimum absolute atomic E-state index is 0.00824. The monoisotopic (exact) mass is 564 g/mol. The first kappa shape index (κ1) is 31.1. The molecule has 0 bridgehead atoms. The number of hydrogen-bond donors (Lipinski definition) is 2. The summed E-state index contributed by atoms with van der Waals surface area (Å²) in [6.07, 6.45) is 0.914. The highest BCUT2D eigenvalue weighted by Gasteiger charge is 2.45. The van der Waals surface area contributed by atoms with Crippen molar-refractivity contribution < 1.29 is 38.8 Å².